The highest BCUT2D eigenvalue weighted by Gasteiger charge is 2.34. The number of carbonyl (C=O) groups excluding carboxylic acids is 3. The van der Waals surface area contributed by atoms with Crippen molar-refractivity contribution in [3.8, 4) is 11.5 Å². The van der Waals surface area contributed by atoms with Gasteiger partial charge in [-0.25, -0.2) is 0 Å². The van der Waals surface area contributed by atoms with Crippen LogP contribution in [0.2, 0.25) is 0 Å². The summed E-state index contributed by atoms with van der Waals surface area (Å²) < 4.78 is 0. The SMILES string of the molecule is CC(=O)N(c1ccc(O)cc1O)[C@@H](CCC(N)=O)C(=O)N1CCNCC1. The lowest BCUT2D eigenvalue weighted by atomic mass is 10.0. The molecule has 0 spiro atoms. The van der Waals surface area contributed by atoms with Gasteiger partial charge in [0.15, 0.2) is 0 Å². The molecule has 0 aromatic heterocycles. The molecule has 0 saturated carbocycles. The summed E-state index contributed by atoms with van der Waals surface area (Å²) in [5, 5.41) is 22.8. The number of hydrogen-bond donors (Lipinski definition) is 4. The van der Waals surface area contributed by atoms with E-state index in [4.69, 9.17) is 5.73 Å². The fourth-order valence-electron chi connectivity index (χ4n) is 3.01. The molecule has 2 rings (SSSR count). The number of amides is 3. The van der Waals surface area contributed by atoms with Crippen molar-refractivity contribution in [1.82, 2.24) is 10.2 Å². The molecule has 1 aromatic rings. The monoisotopic (exact) mass is 364 g/mol. The van der Waals surface area contributed by atoms with Crippen molar-refractivity contribution in [3.63, 3.8) is 0 Å². The maximum atomic E-state index is 13.0. The van der Waals surface area contributed by atoms with E-state index in [1.54, 1.807) is 4.90 Å². The Kier molecular flexibility index (Phi) is 6.40. The second-order valence-corrected chi connectivity index (χ2v) is 6.16. The van der Waals surface area contributed by atoms with Crippen molar-refractivity contribution in [2.24, 2.45) is 5.73 Å². The largest absolute Gasteiger partial charge is 0.508 e. The van der Waals surface area contributed by atoms with E-state index in [0.717, 1.165) is 11.0 Å². The molecular formula is C17H24N4O5. The maximum Gasteiger partial charge on any atom is 0.245 e. The minimum atomic E-state index is -0.978. The zero-order chi connectivity index (χ0) is 19.3. The fraction of sp³-hybridized carbons (Fsp3) is 0.471. The summed E-state index contributed by atoms with van der Waals surface area (Å²) >= 11 is 0. The lowest BCUT2D eigenvalue weighted by Crippen LogP contribution is -2.55. The first kappa shape index (κ1) is 19.5. The number of rotatable bonds is 6. The lowest BCUT2D eigenvalue weighted by Gasteiger charge is -2.36. The molecule has 1 saturated heterocycles. The van der Waals surface area contributed by atoms with Gasteiger partial charge in [0.25, 0.3) is 0 Å². The molecule has 1 aromatic carbocycles. The highest BCUT2D eigenvalue weighted by atomic mass is 16.3. The van der Waals surface area contributed by atoms with E-state index in [-0.39, 0.29) is 35.9 Å². The van der Waals surface area contributed by atoms with E-state index in [1.807, 2.05) is 0 Å². The van der Waals surface area contributed by atoms with Crippen molar-refractivity contribution in [1.29, 1.82) is 0 Å². The second-order valence-electron chi connectivity index (χ2n) is 6.16. The van der Waals surface area contributed by atoms with Crippen molar-refractivity contribution < 1.29 is 24.6 Å². The Morgan fingerprint density at radius 1 is 1.27 bits per heavy atom. The lowest BCUT2D eigenvalue weighted by molar-refractivity contribution is -0.135. The highest BCUT2D eigenvalue weighted by Crippen LogP contribution is 2.33. The second kappa shape index (κ2) is 8.52. The van der Waals surface area contributed by atoms with Crippen LogP contribution in [-0.2, 0) is 14.4 Å². The number of nitrogens with one attached hydrogen (secondary N) is 1. The Morgan fingerprint density at radius 2 is 1.92 bits per heavy atom. The average Bonchev–Trinajstić information content (AvgIpc) is 2.59. The van der Waals surface area contributed by atoms with Gasteiger partial charge in [0.1, 0.15) is 17.5 Å². The van der Waals surface area contributed by atoms with Crippen LogP contribution < -0.4 is 16.0 Å². The molecule has 0 bridgehead atoms. The predicted octanol–water partition coefficient (Wildman–Crippen LogP) is -0.483. The molecule has 3 amide bonds. The van der Waals surface area contributed by atoms with E-state index >= 15 is 0 Å². The zero-order valence-corrected chi connectivity index (χ0v) is 14.6. The quantitative estimate of drug-likeness (QED) is 0.538. The number of carbonyl (C=O) groups is 3. The number of piperazine rings is 1. The van der Waals surface area contributed by atoms with Crippen LogP contribution in [-0.4, -0.2) is 65.1 Å². The zero-order valence-electron chi connectivity index (χ0n) is 14.6. The molecule has 9 heteroatoms. The Morgan fingerprint density at radius 3 is 2.46 bits per heavy atom. The van der Waals surface area contributed by atoms with Crippen LogP contribution in [0.25, 0.3) is 0 Å². The van der Waals surface area contributed by atoms with Gasteiger partial charge in [-0.1, -0.05) is 0 Å². The fourth-order valence-corrected chi connectivity index (χ4v) is 3.01. The number of primary amides is 1. The van der Waals surface area contributed by atoms with Gasteiger partial charge in [-0.3, -0.25) is 19.3 Å². The van der Waals surface area contributed by atoms with Crippen LogP contribution in [0.1, 0.15) is 19.8 Å². The summed E-state index contributed by atoms with van der Waals surface area (Å²) in [6, 6.07) is 2.78. The molecule has 0 aliphatic carbocycles. The molecule has 26 heavy (non-hydrogen) atoms. The number of phenolic OH excluding ortho intramolecular Hbond substituents is 2. The molecule has 9 nitrogen and oxygen atoms in total. The number of nitrogens with two attached hydrogens (primary N) is 1. The first-order valence-electron chi connectivity index (χ1n) is 8.41. The number of benzene rings is 1. The molecule has 0 radical (unpaired) electrons. The molecule has 142 valence electrons. The van der Waals surface area contributed by atoms with Crippen molar-refractivity contribution in [3.05, 3.63) is 18.2 Å². The van der Waals surface area contributed by atoms with Gasteiger partial charge < -0.3 is 26.2 Å². The first-order chi connectivity index (χ1) is 12.3. The Labute approximate surface area is 151 Å². The third kappa shape index (κ3) is 4.63. The maximum absolute atomic E-state index is 13.0. The minimum Gasteiger partial charge on any atom is -0.508 e. The molecular weight excluding hydrogens is 340 g/mol. The molecule has 1 aliphatic rings. The minimum absolute atomic E-state index is 0.0397. The van der Waals surface area contributed by atoms with E-state index < -0.39 is 17.9 Å². The highest BCUT2D eigenvalue weighted by molar-refractivity contribution is 6.01. The third-order valence-electron chi connectivity index (χ3n) is 4.25. The first-order valence-corrected chi connectivity index (χ1v) is 8.41. The summed E-state index contributed by atoms with van der Waals surface area (Å²) in [5.41, 5.74) is 5.32. The summed E-state index contributed by atoms with van der Waals surface area (Å²) in [6.45, 7) is 3.52. The van der Waals surface area contributed by atoms with Crippen LogP contribution in [0.5, 0.6) is 11.5 Å². The van der Waals surface area contributed by atoms with Crippen LogP contribution >= 0.6 is 0 Å². The van der Waals surface area contributed by atoms with Crippen molar-refractivity contribution >= 4 is 23.4 Å². The van der Waals surface area contributed by atoms with Crippen LogP contribution in [0, 0.1) is 0 Å². The summed E-state index contributed by atoms with van der Waals surface area (Å²) in [7, 11) is 0. The van der Waals surface area contributed by atoms with E-state index in [0.29, 0.717) is 26.2 Å². The molecule has 1 heterocycles. The van der Waals surface area contributed by atoms with Crippen molar-refractivity contribution in [2.75, 3.05) is 31.1 Å². The van der Waals surface area contributed by atoms with Gasteiger partial charge in [0.05, 0.1) is 5.69 Å². The van der Waals surface area contributed by atoms with Crippen LogP contribution in [0.4, 0.5) is 5.69 Å². The smallest absolute Gasteiger partial charge is 0.245 e. The molecule has 1 atom stereocenters. The number of anilines is 1. The Hall–Kier alpha value is -2.81. The molecule has 1 aliphatic heterocycles. The Balaban J connectivity index is 2.39. The third-order valence-corrected chi connectivity index (χ3v) is 4.25. The number of aromatic hydroxyl groups is 2. The normalized spacial score (nSPS) is 15.3. The number of phenols is 2. The van der Waals surface area contributed by atoms with E-state index in [9.17, 15) is 24.6 Å². The predicted molar refractivity (Wildman–Crippen MR) is 94.6 cm³/mol. The van der Waals surface area contributed by atoms with Gasteiger partial charge in [-0.2, -0.15) is 0 Å². The van der Waals surface area contributed by atoms with Crippen LogP contribution in [0.3, 0.4) is 0 Å². The van der Waals surface area contributed by atoms with Crippen LogP contribution in [0.15, 0.2) is 18.2 Å². The molecule has 1 fully saturated rings. The molecule has 5 N–H and O–H groups in total. The summed E-state index contributed by atoms with van der Waals surface area (Å²) in [4.78, 5) is 39.4. The van der Waals surface area contributed by atoms with Crippen molar-refractivity contribution in [2.45, 2.75) is 25.8 Å². The standard InChI is InChI=1S/C17H24N4O5/c1-11(22)21(13-3-2-12(23)10-15(13)24)14(4-5-16(18)25)17(26)20-8-6-19-7-9-20/h2-3,10,14,19,23-24H,4-9H2,1H3,(H2,18,25)/t14-/m0/s1. The number of nitrogens with zero attached hydrogens (tertiary/aromatic N) is 2. The average molecular weight is 364 g/mol. The summed E-state index contributed by atoms with van der Waals surface area (Å²) in [5.74, 6) is -1.87. The Bertz CT molecular complexity index is 688. The van der Waals surface area contributed by atoms with E-state index in [2.05, 4.69) is 5.32 Å². The number of hydrogen-bond acceptors (Lipinski definition) is 6. The van der Waals surface area contributed by atoms with Gasteiger partial charge >= 0.3 is 0 Å². The van der Waals surface area contributed by atoms with Gasteiger partial charge in [0, 0.05) is 45.6 Å². The summed E-state index contributed by atoms with van der Waals surface area (Å²) in [6.07, 6.45) is -0.0386. The van der Waals surface area contributed by atoms with Gasteiger partial charge in [-0.05, 0) is 18.6 Å². The molecule has 0 unspecified atom stereocenters. The van der Waals surface area contributed by atoms with E-state index in [1.165, 1.54) is 19.1 Å². The van der Waals surface area contributed by atoms with Gasteiger partial charge in [-0.15, -0.1) is 0 Å². The topological polar surface area (TPSA) is 136 Å². The van der Waals surface area contributed by atoms with Gasteiger partial charge in [0.2, 0.25) is 17.7 Å².